The molecule has 2 aromatic rings. The van der Waals surface area contributed by atoms with Gasteiger partial charge in [0.25, 0.3) is 5.91 Å². The minimum atomic E-state index is -0.0800. The summed E-state index contributed by atoms with van der Waals surface area (Å²) in [4.78, 5) is 12.2. The number of hydrogen-bond donors (Lipinski definition) is 1. The molecule has 2 rings (SSSR count). The van der Waals surface area contributed by atoms with E-state index in [1.807, 2.05) is 50.5 Å². The molecule has 0 aliphatic carbocycles. The van der Waals surface area contributed by atoms with Gasteiger partial charge in [0, 0.05) is 22.2 Å². The van der Waals surface area contributed by atoms with Crippen LogP contribution in [0.25, 0.3) is 0 Å². The number of hydrogen-bond acceptors (Lipinski definition) is 1. The number of halogens is 2. The summed E-state index contributed by atoms with van der Waals surface area (Å²) >= 11 is 6.76. The second-order valence-electron chi connectivity index (χ2n) is 4.40. The number of nitrogens with one attached hydrogen (secondary N) is 1. The van der Waals surface area contributed by atoms with Crippen LogP contribution >= 0.6 is 31.9 Å². The molecule has 1 N–H and O–H groups in total. The van der Waals surface area contributed by atoms with Crippen molar-refractivity contribution in [2.45, 2.75) is 13.0 Å². The normalized spacial score (nSPS) is 12.2. The predicted octanol–water partition coefficient (Wildman–Crippen LogP) is 4.04. The Kier molecular flexibility index (Phi) is 4.47. The van der Waals surface area contributed by atoms with Crippen LogP contribution in [0.1, 0.15) is 29.0 Å². The minimum absolute atomic E-state index is 0.0331. The summed E-state index contributed by atoms with van der Waals surface area (Å²) in [6.07, 6.45) is 1.86. The van der Waals surface area contributed by atoms with Crippen LogP contribution in [0.3, 0.4) is 0 Å². The van der Waals surface area contributed by atoms with Crippen molar-refractivity contribution in [3.05, 3.63) is 56.7 Å². The van der Waals surface area contributed by atoms with E-state index in [0.717, 1.165) is 14.5 Å². The van der Waals surface area contributed by atoms with E-state index < -0.39 is 0 Å². The van der Waals surface area contributed by atoms with Crippen LogP contribution in [0.5, 0.6) is 0 Å². The second-order valence-corrected chi connectivity index (χ2v) is 6.23. The largest absolute Gasteiger partial charge is 0.345 e. The molecule has 1 heterocycles. The Hall–Kier alpha value is -1.07. The summed E-state index contributed by atoms with van der Waals surface area (Å²) in [6.45, 7) is 1.97. The average molecular weight is 386 g/mol. The standard InChI is InChI=1S/C14H14Br2N2O/c1-9(10-3-5-11(15)6-4-10)17-14(19)13-7-12(16)8-18(13)2/h3-9H,1-2H3,(H,17,19)/t9-/m0/s1. The van der Waals surface area contributed by atoms with E-state index in [9.17, 15) is 4.79 Å². The monoisotopic (exact) mass is 384 g/mol. The molecule has 0 aliphatic rings. The number of amides is 1. The first-order valence-corrected chi connectivity index (χ1v) is 7.44. The number of carbonyl (C=O) groups excluding carboxylic acids is 1. The molecule has 1 aromatic heterocycles. The minimum Gasteiger partial charge on any atom is -0.345 e. The Balaban J connectivity index is 2.10. The molecule has 5 heteroatoms. The number of aryl methyl sites for hydroxylation is 1. The lowest BCUT2D eigenvalue weighted by Crippen LogP contribution is -2.28. The molecule has 0 bridgehead atoms. The SMILES string of the molecule is C[C@H](NC(=O)c1cc(Br)cn1C)c1ccc(Br)cc1. The number of benzene rings is 1. The van der Waals surface area contributed by atoms with Crippen molar-refractivity contribution in [2.24, 2.45) is 7.05 Å². The van der Waals surface area contributed by atoms with E-state index in [1.165, 1.54) is 0 Å². The van der Waals surface area contributed by atoms with Crippen LogP contribution in [-0.2, 0) is 7.05 Å². The topological polar surface area (TPSA) is 34.0 Å². The van der Waals surface area contributed by atoms with Crippen LogP contribution in [0.2, 0.25) is 0 Å². The third-order valence-corrected chi connectivity index (χ3v) is 3.88. The number of carbonyl (C=O) groups is 1. The fourth-order valence-electron chi connectivity index (χ4n) is 1.86. The van der Waals surface area contributed by atoms with Crippen molar-refractivity contribution in [1.29, 1.82) is 0 Å². The maximum absolute atomic E-state index is 12.2. The fraction of sp³-hybridized carbons (Fsp3) is 0.214. The summed E-state index contributed by atoms with van der Waals surface area (Å²) in [6, 6.07) is 9.71. The third-order valence-electron chi connectivity index (χ3n) is 2.92. The molecule has 1 amide bonds. The third kappa shape index (κ3) is 3.48. The molecule has 0 saturated heterocycles. The van der Waals surface area contributed by atoms with Gasteiger partial charge in [-0.25, -0.2) is 0 Å². The van der Waals surface area contributed by atoms with Crippen LogP contribution in [0, 0.1) is 0 Å². The number of nitrogens with zero attached hydrogens (tertiary/aromatic N) is 1. The molecular formula is C14H14Br2N2O. The maximum atomic E-state index is 12.2. The van der Waals surface area contributed by atoms with Crippen LogP contribution in [0.15, 0.2) is 45.5 Å². The molecule has 3 nitrogen and oxygen atoms in total. The zero-order chi connectivity index (χ0) is 14.0. The highest BCUT2D eigenvalue weighted by Crippen LogP contribution is 2.18. The van der Waals surface area contributed by atoms with E-state index in [-0.39, 0.29) is 11.9 Å². The molecule has 0 radical (unpaired) electrons. The molecule has 0 fully saturated rings. The molecule has 1 atom stereocenters. The van der Waals surface area contributed by atoms with Crippen molar-refractivity contribution in [3.8, 4) is 0 Å². The van der Waals surface area contributed by atoms with E-state index in [2.05, 4.69) is 37.2 Å². The summed E-state index contributed by atoms with van der Waals surface area (Å²) in [5.74, 6) is -0.0800. The highest BCUT2D eigenvalue weighted by atomic mass is 79.9. The van der Waals surface area contributed by atoms with Gasteiger partial charge in [0.15, 0.2) is 0 Å². The zero-order valence-corrected chi connectivity index (χ0v) is 13.8. The van der Waals surface area contributed by atoms with E-state index >= 15 is 0 Å². The Morgan fingerprint density at radius 3 is 2.37 bits per heavy atom. The Morgan fingerprint density at radius 2 is 1.84 bits per heavy atom. The number of rotatable bonds is 3. The van der Waals surface area contributed by atoms with Gasteiger partial charge in [0.05, 0.1) is 6.04 Å². The van der Waals surface area contributed by atoms with Gasteiger partial charge in [-0.1, -0.05) is 28.1 Å². The van der Waals surface area contributed by atoms with Gasteiger partial charge in [0.1, 0.15) is 5.69 Å². The maximum Gasteiger partial charge on any atom is 0.268 e. The number of aromatic nitrogens is 1. The van der Waals surface area contributed by atoms with Gasteiger partial charge in [-0.05, 0) is 46.6 Å². The van der Waals surface area contributed by atoms with Crippen LogP contribution in [0.4, 0.5) is 0 Å². The van der Waals surface area contributed by atoms with Crippen molar-refractivity contribution in [2.75, 3.05) is 0 Å². The average Bonchev–Trinajstić information content (AvgIpc) is 2.69. The van der Waals surface area contributed by atoms with Gasteiger partial charge in [-0.2, -0.15) is 0 Å². The van der Waals surface area contributed by atoms with Crippen molar-refractivity contribution in [1.82, 2.24) is 9.88 Å². The summed E-state index contributed by atoms with van der Waals surface area (Å²) in [5, 5.41) is 2.99. The summed E-state index contributed by atoms with van der Waals surface area (Å²) in [5.41, 5.74) is 1.71. The van der Waals surface area contributed by atoms with Crippen molar-refractivity contribution in [3.63, 3.8) is 0 Å². The second kappa shape index (κ2) is 5.92. The first kappa shape index (κ1) is 14.3. The Morgan fingerprint density at radius 1 is 1.21 bits per heavy atom. The molecule has 1 aromatic carbocycles. The first-order chi connectivity index (χ1) is 8.97. The zero-order valence-electron chi connectivity index (χ0n) is 10.7. The lowest BCUT2D eigenvalue weighted by atomic mass is 10.1. The summed E-state index contributed by atoms with van der Waals surface area (Å²) < 4.78 is 3.73. The summed E-state index contributed by atoms with van der Waals surface area (Å²) in [7, 11) is 1.85. The molecular weight excluding hydrogens is 372 g/mol. The molecule has 0 unspecified atom stereocenters. The van der Waals surface area contributed by atoms with E-state index in [1.54, 1.807) is 4.57 Å². The van der Waals surface area contributed by atoms with Gasteiger partial charge in [0.2, 0.25) is 0 Å². The van der Waals surface area contributed by atoms with Gasteiger partial charge in [-0.15, -0.1) is 0 Å². The molecule has 100 valence electrons. The highest BCUT2D eigenvalue weighted by Gasteiger charge is 2.14. The molecule has 19 heavy (non-hydrogen) atoms. The van der Waals surface area contributed by atoms with E-state index in [4.69, 9.17) is 0 Å². The van der Waals surface area contributed by atoms with Crippen LogP contribution in [-0.4, -0.2) is 10.5 Å². The highest BCUT2D eigenvalue weighted by molar-refractivity contribution is 9.10. The van der Waals surface area contributed by atoms with Gasteiger partial charge in [-0.3, -0.25) is 4.79 Å². The van der Waals surface area contributed by atoms with Crippen LogP contribution < -0.4 is 5.32 Å². The smallest absolute Gasteiger partial charge is 0.268 e. The first-order valence-electron chi connectivity index (χ1n) is 5.85. The Labute approximate surface area is 129 Å². The molecule has 0 aliphatic heterocycles. The predicted molar refractivity (Wildman–Crippen MR) is 83.1 cm³/mol. The quantitative estimate of drug-likeness (QED) is 0.849. The van der Waals surface area contributed by atoms with E-state index in [0.29, 0.717) is 5.69 Å². The fourth-order valence-corrected chi connectivity index (χ4v) is 2.64. The lowest BCUT2D eigenvalue weighted by molar-refractivity contribution is 0.0931. The molecule has 0 spiro atoms. The lowest BCUT2D eigenvalue weighted by Gasteiger charge is -2.14. The van der Waals surface area contributed by atoms with Gasteiger partial charge >= 0.3 is 0 Å². The van der Waals surface area contributed by atoms with Crippen molar-refractivity contribution < 1.29 is 4.79 Å². The Bertz CT molecular complexity index is 590. The van der Waals surface area contributed by atoms with Gasteiger partial charge < -0.3 is 9.88 Å². The molecule has 0 saturated carbocycles. The van der Waals surface area contributed by atoms with Crippen molar-refractivity contribution >= 4 is 37.8 Å².